The van der Waals surface area contributed by atoms with Gasteiger partial charge in [-0.3, -0.25) is 4.79 Å². The Kier molecular flexibility index (Phi) is 2.93. The number of aromatic carboxylic acids is 1. The van der Waals surface area contributed by atoms with Crippen molar-refractivity contribution >= 4 is 23.2 Å². The van der Waals surface area contributed by atoms with Crippen LogP contribution < -0.4 is 9.47 Å². The van der Waals surface area contributed by atoms with Crippen molar-refractivity contribution in [2.75, 3.05) is 14.2 Å². The Morgan fingerprint density at radius 2 is 2.06 bits per heavy atom. The van der Waals surface area contributed by atoms with E-state index in [1.165, 1.54) is 14.2 Å². The fourth-order valence-corrected chi connectivity index (χ4v) is 1.86. The summed E-state index contributed by atoms with van der Waals surface area (Å²) in [4.78, 5) is 24.8. The third-order valence-electron chi connectivity index (χ3n) is 2.66. The van der Waals surface area contributed by atoms with Crippen molar-refractivity contribution in [3.05, 3.63) is 23.4 Å². The van der Waals surface area contributed by atoms with E-state index in [2.05, 4.69) is 4.98 Å². The largest absolute Gasteiger partial charge is 0.497 e. The van der Waals surface area contributed by atoms with E-state index in [0.29, 0.717) is 28.7 Å². The number of rotatable bonds is 4. The third-order valence-corrected chi connectivity index (χ3v) is 2.66. The monoisotopic (exact) mass is 249 g/mol. The van der Waals surface area contributed by atoms with Crippen molar-refractivity contribution in [1.29, 1.82) is 0 Å². The van der Waals surface area contributed by atoms with Crippen LogP contribution in [0, 0.1) is 0 Å². The number of carboxylic acids is 1. The van der Waals surface area contributed by atoms with Crippen molar-refractivity contribution in [3.63, 3.8) is 0 Å². The van der Waals surface area contributed by atoms with Crippen LogP contribution in [0.1, 0.15) is 20.8 Å². The number of H-pyrrole nitrogens is 1. The van der Waals surface area contributed by atoms with Crippen LogP contribution in [0.5, 0.6) is 11.5 Å². The van der Waals surface area contributed by atoms with Crippen molar-refractivity contribution in [2.45, 2.75) is 0 Å². The van der Waals surface area contributed by atoms with Crippen LogP contribution in [0.2, 0.25) is 0 Å². The van der Waals surface area contributed by atoms with Gasteiger partial charge in [-0.1, -0.05) is 0 Å². The van der Waals surface area contributed by atoms with Gasteiger partial charge >= 0.3 is 5.97 Å². The Morgan fingerprint density at radius 3 is 2.56 bits per heavy atom. The molecule has 0 aliphatic heterocycles. The first-order valence-corrected chi connectivity index (χ1v) is 5.08. The summed E-state index contributed by atoms with van der Waals surface area (Å²) in [6, 6.07) is 3.16. The molecule has 0 unspecified atom stereocenters. The topological polar surface area (TPSA) is 88.6 Å². The molecule has 0 saturated heterocycles. The molecule has 0 atom stereocenters. The number of nitrogens with one attached hydrogen (secondary N) is 1. The average Bonchev–Trinajstić information content (AvgIpc) is 2.75. The van der Waals surface area contributed by atoms with Gasteiger partial charge in [-0.2, -0.15) is 0 Å². The number of aldehydes is 1. The van der Waals surface area contributed by atoms with Gasteiger partial charge in [0.2, 0.25) is 0 Å². The molecule has 0 saturated carbocycles. The highest BCUT2D eigenvalue weighted by Crippen LogP contribution is 2.33. The Labute approximate surface area is 102 Å². The highest BCUT2D eigenvalue weighted by molar-refractivity contribution is 6.11. The Morgan fingerprint density at radius 1 is 1.33 bits per heavy atom. The number of carbonyl (C=O) groups is 2. The molecule has 2 aromatic rings. The molecule has 1 heterocycles. The number of benzene rings is 1. The van der Waals surface area contributed by atoms with Crippen molar-refractivity contribution < 1.29 is 24.2 Å². The Hall–Kier alpha value is -2.50. The van der Waals surface area contributed by atoms with Gasteiger partial charge in [0.25, 0.3) is 0 Å². The molecule has 6 nitrogen and oxygen atoms in total. The summed E-state index contributed by atoms with van der Waals surface area (Å²) >= 11 is 0. The maximum atomic E-state index is 11.2. The van der Waals surface area contributed by atoms with Gasteiger partial charge in [0.1, 0.15) is 11.5 Å². The van der Waals surface area contributed by atoms with E-state index in [-0.39, 0.29) is 11.3 Å². The Balaban J connectivity index is 2.88. The van der Waals surface area contributed by atoms with Crippen LogP contribution in [-0.2, 0) is 0 Å². The van der Waals surface area contributed by atoms with Gasteiger partial charge in [-0.05, 0) is 6.07 Å². The number of aromatic nitrogens is 1. The first kappa shape index (κ1) is 12.0. The number of ether oxygens (including phenoxy) is 2. The maximum absolute atomic E-state index is 11.2. The van der Waals surface area contributed by atoms with Crippen molar-refractivity contribution in [3.8, 4) is 11.5 Å². The highest BCUT2D eigenvalue weighted by atomic mass is 16.5. The van der Waals surface area contributed by atoms with Crippen LogP contribution in [-0.4, -0.2) is 36.6 Å². The number of hydrogen-bond donors (Lipinski definition) is 2. The van der Waals surface area contributed by atoms with Gasteiger partial charge < -0.3 is 19.6 Å². The van der Waals surface area contributed by atoms with Crippen LogP contribution in [0.3, 0.4) is 0 Å². The van der Waals surface area contributed by atoms with Gasteiger partial charge in [-0.15, -0.1) is 0 Å². The van der Waals surface area contributed by atoms with Gasteiger partial charge in [0.15, 0.2) is 6.29 Å². The molecule has 94 valence electrons. The van der Waals surface area contributed by atoms with E-state index in [9.17, 15) is 9.59 Å². The highest BCUT2D eigenvalue weighted by Gasteiger charge is 2.20. The molecule has 2 N–H and O–H groups in total. The van der Waals surface area contributed by atoms with Crippen LogP contribution in [0.25, 0.3) is 10.9 Å². The summed E-state index contributed by atoms with van der Waals surface area (Å²) in [6.07, 6.45) is 0.468. The number of methoxy groups -OCH3 is 2. The smallest absolute Gasteiger partial charge is 0.338 e. The van der Waals surface area contributed by atoms with Crippen LogP contribution >= 0.6 is 0 Å². The fourth-order valence-electron chi connectivity index (χ4n) is 1.86. The van der Waals surface area contributed by atoms with E-state index in [0.717, 1.165) is 0 Å². The number of carboxylic acid groups (broad SMARTS) is 1. The number of carbonyl (C=O) groups excluding carboxylic acids is 1. The second-order valence-electron chi connectivity index (χ2n) is 3.59. The molecular weight excluding hydrogens is 238 g/mol. The molecule has 0 amide bonds. The summed E-state index contributed by atoms with van der Waals surface area (Å²) in [5.41, 5.74) is 0.374. The Bertz CT molecular complexity index is 629. The van der Waals surface area contributed by atoms with Crippen molar-refractivity contribution in [1.82, 2.24) is 4.98 Å². The maximum Gasteiger partial charge on any atom is 0.338 e. The summed E-state index contributed by atoms with van der Waals surface area (Å²) in [6.45, 7) is 0. The molecule has 1 aromatic heterocycles. The van der Waals surface area contributed by atoms with Crippen LogP contribution in [0.4, 0.5) is 0 Å². The van der Waals surface area contributed by atoms with E-state index < -0.39 is 5.97 Å². The third kappa shape index (κ3) is 1.67. The molecule has 0 fully saturated rings. The summed E-state index contributed by atoms with van der Waals surface area (Å²) in [5, 5.41) is 9.53. The minimum atomic E-state index is -1.18. The average molecular weight is 249 g/mol. The normalized spacial score (nSPS) is 10.3. The molecule has 2 rings (SSSR count). The first-order valence-electron chi connectivity index (χ1n) is 5.08. The van der Waals surface area contributed by atoms with E-state index in [1.54, 1.807) is 12.1 Å². The molecule has 0 bridgehead atoms. The molecule has 6 heteroatoms. The molecule has 18 heavy (non-hydrogen) atoms. The number of aromatic amines is 1. The lowest BCUT2D eigenvalue weighted by Crippen LogP contribution is -1.99. The molecule has 0 radical (unpaired) electrons. The van der Waals surface area contributed by atoms with E-state index >= 15 is 0 Å². The zero-order valence-electron chi connectivity index (χ0n) is 9.81. The summed E-state index contributed by atoms with van der Waals surface area (Å²) < 4.78 is 10.2. The lowest BCUT2D eigenvalue weighted by atomic mass is 10.1. The molecule has 0 aliphatic carbocycles. The predicted molar refractivity (Wildman–Crippen MR) is 63.7 cm³/mol. The van der Waals surface area contributed by atoms with Gasteiger partial charge in [-0.25, -0.2) is 4.79 Å². The second-order valence-corrected chi connectivity index (χ2v) is 3.59. The van der Waals surface area contributed by atoms with Gasteiger partial charge in [0.05, 0.1) is 31.0 Å². The quantitative estimate of drug-likeness (QED) is 0.805. The predicted octanol–water partition coefficient (Wildman–Crippen LogP) is 1.70. The standard InChI is InChI=1S/C12H11NO5/c1-17-6-3-7-10(12(15)16)8(5-14)13-11(7)9(4-6)18-2/h3-5,13H,1-2H3,(H,15,16). The SMILES string of the molecule is COc1cc(OC)c2[nH]c(C=O)c(C(=O)O)c2c1. The first-order chi connectivity index (χ1) is 8.62. The minimum Gasteiger partial charge on any atom is -0.497 e. The summed E-state index contributed by atoms with van der Waals surface area (Å²) in [7, 11) is 2.92. The number of hydrogen-bond acceptors (Lipinski definition) is 4. The van der Waals surface area contributed by atoms with E-state index in [4.69, 9.17) is 14.6 Å². The minimum absolute atomic E-state index is 0.00375. The van der Waals surface area contributed by atoms with E-state index in [1.807, 2.05) is 0 Å². The zero-order valence-corrected chi connectivity index (χ0v) is 9.81. The van der Waals surface area contributed by atoms with Gasteiger partial charge in [0, 0.05) is 11.5 Å². The molecule has 0 spiro atoms. The lowest BCUT2D eigenvalue weighted by molar-refractivity contribution is 0.0696. The molecule has 1 aromatic carbocycles. The second kappa shape index (κ2) is 4.40. The van der Waals surface area contributed by atoms with Crippen molar-refractivity contribution in [2.24, 2.45) is 0 Å². The lowest BCUT2D eigenvalue weighted by Gasteiger charge is -2.05. The zero-order chi connectivity index (χ0) is 13.3. The molecule has 0 aliphatic rings. The molecular formula is C12H11NO5. The fraction of sp³-hybridized carbons (Fsp3) is 0.167. The number of fused-ring (bicyclic) bond motifs is 1. The van der Waals surface area contributed by atoms with Crippen LogP contribution in [0.15, 0.2) is 12.1 Å². The summed E-state index contributed by atoms with van der Waals surface area (Å²) in [5.74, 6) is -0.308.